The fourth-order valence-electron chi connectivity index (χ4n) is 3.88. The van der Waals surface area contributed by atoms with Gasteiger partial charge in [-0.2, -0.15) is 0 Å². The minimum atomic E-state index is -0.699. The minimum Gasteiger partial charge on any atom is -0.385 e. The number of benzene rings is 1. The van der Waals surface area contributed by atoms with Gasteiger partial charge in [-0.25, -0.2) is 0 Å². The first kappa shape index (κ1) is 13.6. The summed E-state index contributed by atoms with van der Waals surface area (Å²) in [7, 11) is 0. The number of hydrogen-bond donors (Lipinski definition) is 1. The molecule has 106 valence electrons. The van der Waals surface area contributed by atoms with Crippen molar-refractivity contribution in [3.8, 4) is 0 Å². The van der Waals surface area contributed by atoms with Crippen molar-refractivity contribution in [3.63, 3.8) is 0 Å². The second kappa shape index (κ2) is 5.17. The molecule has 1 aliphatic carbocycles. The molecule has 2 aromatic rings. The standard InChI is InChI=1S/C18H23NO/c1-13(2)15-8-3-4-11-18(15,20)16-9-5-10-17-14(16)7-6-12-19-17/h5-7,9-10,12-13,15,20H,3-4,8,11H2,1-2H3. The highest BCUT2D eigenvalue weighted by Gasteiger charge is 2.42. The van der Waals surface area contributed by atoms with Gasteiger partial charge in [0.1, 0.15) is 0 Å². The lowest BCUT2D eigenvalue weighted by Gasteiger charge is -2.43. The van der Waals surface area contributed by atoms with E-state index >= 15 is 0 Å². The summed E-state index contributed by atoms with van der Waals surface area (Å²) >= 11 is 0. The van der Waals surface area contributed by atoms with E-state index in [2.05, 4.69) is 31.0 Å². The highest BCUT2D eigenvalue weighted by Crippen LogP contribution is 2.46. The van der Waals surface area contributed by atoms with Crippen molar-refractivity contribution in [2.24, 2.45) is 11.8 Å². The Kier molecular flexibility index (Phi) is 3.51. The quantitative estimate of drug-likeness (QED) is 0.883. The van der Waals surface area contributed by atoms with Crippen molar-refractivity contribution < 1.29 is 5.11 Å². The molecule has 1 N–H and O–H groups in total. The molecule has 0 spiro atoms. The van der Waals surface area contributed by atoms with Gasteiger partial charge in [0.25, 0.3) is 0 Å². The summed E-state index contributed by atoms with van der Waals surface area (Å²) in [6, 6.07) is 10.2. The molecule has 1 aliphatic rings. The summed E-state index contributed by atoms with van der Waals surface area (Å²) in [6.07, 6.45) is 6.14. The van der Waals surface area contributed by atoms with Gasteiger partial charge in [-0.1, -0.05) is 44.9 Å². The first-order chi connectivity index (χ1) is 9.63. The third kappa shape index (κ3) is 2.12. The van der Waals surface area contributed by atoms with Crippen LogP contribution in [0, 0.1) is 11.8 Å². The molecule has 2 heteroatoms. The van der Waals surface area contributed by atoms with Crippen molar-refractivity contribution >= 4 is 10.9 Å². The second-order valence-electron chi connectivity index (χ2n) is 6.40. The van der Waals surface area contributed by atoms with Crippen LogP contribution in [0.4, 0.5) is 0 Å². The van der Waals surface area contributed by atoms with E-state index in [1.54, 1.807) is 0 Å². The third-order valence-electron chi connectivity index (χ3n) is 4.85. The molecule has 2 nitrogen and oxygen atoms in total. The Morgan fingerprint density at radius 2 is 2.05 bits per heavy atom. The van der Waals surface area contributed by atoms with Crippen molar-refractivity contribution in [2.75, 3.05) is 0 Å². The zero-order valence-electron chi connectivity index (χ0n) is 12.3. The lowest BCUT2D eigenvalue weighted by atomic mass is 9.66. The molecular weight excluding hydrogens is 246 g/mol. The van der Waals surface area contributed by atoms with Gasteiger partial charge in [0, 0.05) is 11.6 Å². The number of fused-ring (bicyclic) bond motifs is 1. The van der Waals surface area contributed by atoms with Gasteiger partial charge in [-0.3, -0.25) is 4.98 Å². The van der Waals surface area contributed by atoms with Gasteiger partial charge in [-0.05, 0) is 42.4 Å². The van der Waals surface area contributed by atoms with Gasteiger partial charge >= 0.3 is 0 Å². The molecule has 3 rings (SSSR count). The number of aromatic nitrogens is 1. The number of pyridine rings is 1. The van der Waals surface area contributed by atoms with Crippen LogP contribution in [-0.4, -0.2) is 10.1 Å². The van der Waals surface area contributed by atoms with E-state index in [-0.39, 0.29) is 0 Å². The van der Waals surface area contributed by atoms with E-state index in [1.807, 2.05) is 24.4 Å². The summed E-state index contributed by atoms with van der Waals surface area (Å²) < 4.78 is 0. The molecule has 20 heavy (non-hydrogen) atoms. The Bertz CT molecular complexity index is 602. The molecule has 1 aromatic heterocycles. The van der Waals surface area contributed by atoms with E-state index in [1.165, 1.54) is 6.42 Å². The predicted octanol–water partition coefficient (Wildman–Crippen LogP) is 4.27. The Morgan fingerprint density at radius 3 is 2.85 bits per heavy atom. The van der Waals surface area contributed by atoms with Crippen LogP contribution in [0.15, 0.2) is 36.5 Å². The molecule has 0 aliphatic heterocycles. The first-order valence-corrected chi connectivity index (χ1v) is 7.69. The van der Waals surface area contributed by atoms with Gasteiger partial charge in [0.05, 0.1) is 11.1 Å². The molecular formula is C18H23NO. The molecule has 0 saturated heterocycles. The van der Waals surface area contributed by atoms with Gasteiger partial charge in [-0.15, -0.1) is 0 Å². The Labute approximate surface area is 120 Å². The molecule has 1 saturated carbocycles. The van der Waals surface area contributed by atoms with Gasteiger partial charge < -0.3 is 5.11 Å². The van der Waals surface area contributed by atoms with Crippen LogP contribution in [0.1, 0.15) is 45.1 Å². The second-order valence-corrected chi connectivity index (χ2v) is 6.40. The Morgan fingerprint density at radius 1 is 1.20 bits per heavy atom. The van der Waals surface area contributed by atoms with Crippen molar-refractivity contribution in [2.45, 2.75) is 45.1 Å². The van der Waals surface area contributed by atoms with Crippen LogP contribution < -0.4 is 0 Å². The van der Waals surface area contributed by atoms with E-state index in [0.29, 0.717) is 11.8 Å². The number of nitrogens with zero attached hydrogens (tertiary/aromatic N) is 1. The van der Waals surface area contributed by atoms with Crippen LogP contribution in [0.3, 0.4) is 0 Å². The van der Waals surface area contributed by atoms with Crippen LogP contribution in [-0.2, 0) is 5.60 Å². The lowest BCUT2D eigenvalue weighted by Crippen LogP contribution is -2.40. The maximum atomic E-state index is 11.4. The zero-order chi connectivity index (χ0) is 14.2. The topological polar surface area (TPSA) is 33.1 Å². The maximum Gasteiger partial charge on any atom is 0.0933 e. The Hall–Kier alpha value is -1.41. The molecule has 1 heterocycles. The molecule has 2 atom stereocenters. The number of aliphatic hydroxyl groups is 1. The van der Waals surface area contributed by atoms with Crippen LogP contribution in [0.5, 0.6) is 0 Å². The first-order valence-electron chi connectivity index (χ1n) is 7.69. The molecule has 0 radical (unpaired) electrons. The van der Waals surface area contributed by atoms with Crippen molar-refractivity contribution in [3.05, 3.63) is 42.1 Å². The smallest absolute Gasteiger partial charge is 0.0933 e. The maximum absolute atomic E-state index is 11.4. The number of rotatable bonds is 2. The fraction of sp³-hybridized carbons (Fsp3) is 0.500. The van der Waals surface area contributed by atoms with E-state index in [4.69, 9.17) is 0 Å². The summed E-state index contributed by atoms with van der Waals surface area (Å²) in [5.41, 5.74) is 1.35. The monoisotopic (exact) mass is 269 g/mol. The van der Waals surface area contributed by atoms with Crippen LogP contribution >= 0.6 is 0 Å². The van der Waals surface area contributed by atoms with Crippen LogP contribution in [0.25, 0.3) is 10.9 Å². The highest BCUT2D eigenvalue weighted by molar-refractivity contribution is 5.82. The fourth-order valence-corrected chi connectivity index (χ4v) is 3.88. The summed E-state index contributed by atoms with van der Waals surface area (Å²) in [4.78, 5) is 4.43. The highest BCUT2D eigenvalue weighted by atomic mass is 16.3. The average molecular weight is 269 g/mol. The summed E-state index contributed by atoms with van der Waals surface area (Å²) in [5.74, 6) is 0.828. The molecule has 0 bridgehead atoms. The number of hydrogen-bond acceptors (Lipinski definition) is 2. The SMILES string of the molecule is CC(C)C1CCCCC1(O)c1cccc2ncccc12. The van der Waals surface area contributed by atoms with Gasteiger partial charge in [0.15, 0.2) is 0 Å². The predicted molar refractivity (Wildman–Crippen MR) is 82.4 cm³/mol. The normalized spacial score (nSPS) is 27.1. The lowest BCUT2D eigenvalue weighted by molar-refractivity contribution is -0.0709. The summed E-state index contributed by atoms with van der Waals surface area (Å²) in [5, 5.41) is 12.5. The largest absolute Gasteiger partial charge is 0.385 e. The molecule has 1 fully saturated rings. The van der Waals surface area contributed by atoms with Crippen molar-refractivity contribution in [1.82, 2.24) is 4.98 Å². The van der Waals surface area contributed by atoms with Gasteiger partial charge in [0.2, 0.25) is 0 Å². The van der Waals surface area contributed by atoms with E-state index < -0.39 is 5.60 Å². The van der Waals surface area contributed by atoms with E-state index in [0.717, 1.165) is 35.7 Å². The Balaban J connectivity index is 2.17. The molecule has 1 aromatic carbocycles. The van der Waals surface area contributed by atoms with Crippen molar-refractivity contribution in [1.29, 1.82) is 0 Å². The van der Waals surface area contributed by atoms with E-state index in [9.17, 15) is 5.11 Å². The zero-order valence-corrected chi connectivity index (χ0v) is 12.3. The third-order valence-corrected chi connectivity index (χ3v) is 4.85. The average Bonchev–Trinajstić information content (AvgIpc) is 2.46. The van der Waals surface area contributed by atoms with Crippen LogP contribution in [0.2, 0.25) is 0 Å². The summed E-state index contributed by atoms with van der Waals surface area (Å²) in [6.45, 7) is 4.45. The molecule has 0 amide bonds. The molecule has 2 unspecified atom stereocenters. The minimum absolute atomic E-state index is 0.335.